The first-order chi connectivity index (χ1) is 14.1. The molecule has 2 aliphatic rings. The molecule has 2 aromatic rings. The highest BCUT2D eigenvalue weighted by Crippen LogP contribution is 2.39. The predicted octanol–water partition coefficient (Wildman–Crippen LogP) is 4.43. The summed E-state index contributed by atoms with van der Waals surface area (Å²) in [6.45, 7) is 3.08. The third kappa shape index (κ3) is 4.58. The van der Waals surface area contributed by atoms with Gasteiger partial charge in [0.05, 0.1) is 23.5 Å². The first kappa shape index (κ1) is 20.2. The summed E-state index contributed by atoms with van der Waals surface area (Å²) in [4.78, 5) is 7.24. The van der Waals surface area contributed by atoms with Crippen LogP contribution in [-0.4, -0.2) is 50.1 Å². The van der Waals surface area contributed by atoms with Gasteiger partial charge in [0.2, 0.25) is 0 Å². The van der Waals surface area contributed by atoms with Crippen LogP contribution in [0.2, 0.25) is 5.02 Å². The highest BCUT2D eigenvalue weighted by atomic mass is 35.5. The van der Waals surface area contributed by atoms with Crippen LogP contribution in [0.3, 0.4) is 0 Å². The Kier molecular flexibility index (Phi) is 6.09. The molecular formula is C23H29ClN4O. The number of likely N-dealkylation sites (N-methyl/N-ethyl adjacent to an activating group) is 1. The van der Waals surface area contributed by atoms with Crippen LogP contribution < -0.4 is 10.6 Å². The second-order valence-corrected chi connectivity index (χ2v) is 8.57. The van der Waals surface area contributed by atoms with Gasteiger partial charge in [-0.2, -0.15) is 0 Å². The number of halogens is 1. The van der Waals surface area contributed by atoms with Crippen LogP contribution in [-0.2, 0) is 17.7 Å². The van der Waals surface area contributed by atoms with E-state index in [0.717, 1.165) is 66.8 Å². The van der Waals surface area contributed by atoms with E-state index in [4.69, 9.17) is 21.3 Å². The first-order valence-electron chi connectivity index (χ1n) is 10.2. The smallest absolute Gasteiger partial charge is 0.127 e. The summed E-state index contributed by atoms with van der Waals surface area (Å²) in [5.41, 5.74) is 4.52. The number of hydrogen-bond acceptors (Lipinski definition) is 4. The fraction of sp³-hybridized carbons (Fsp3) is 0.435. The Morgan fingerprint density at radius 1 is 1.14 bits per heavy atom. The predicted molar refractivity (Wildman–Crippen MR) is 121 cm³/mol. The van der Waals surface area contributed by atoms with Gasteiger partial charge in [-0.1, -0.05) is 35.9 Å². The van der Waals surface area contributed by atoms with Gasteiger partial charge in [-0.15, -0.1) is 0 Å². The lowest BCUT2D eigenvalue weighted by molar-refractivity contribution is 0.0778. The van der Waals surface area contributed by atoms with Gasteiger partial charge in [0.15, 0.2) is 0 Å². The molecule has 0 amide bonds. The van der Waals surface area contributed by atoms with Gasteiger partial charge in [-0.05, 0) is 49.8 Å². The van der Waals surface area contributed by atoms with E-state index in [1.807, 2.05) is 18.2 Å². The van der Waals surface area contributed by atoms with Crippen molar-refractivity contribution in [1.29, 1.82) is 0 Å². The lowest BCUT2D eigenvalue weighted by Crippen LogP contribution is -2.56. The topological polar surface area (TPSA) is 48.9 Å². The molecule has 5 nitrogen and oxygen atoms in total. The average molecular weight is 413 g/mol. The molecule has 2 heterocycles. The van der Waals surface area contributed by atoms with Gasteiger partial charge in [0.25, 0.3) is 0 Å². The minimum Gasteiger partial charge on any atom is -0.381 e. The van der Waals surface area contributed by atoms with E-state index in [1.54, 1.807) is 0 Å². The summed E-state index contributed by atoms with van der Waals surface area (Å²) in [7, 11) is 4.21. The highest BCUT2D eigenvalue weighted by molar-refractivity contribution is 6.30. The van der Waals surface area contributed by atoms with Crippen molar-refractivity contribution in [3.05, 3.63) is 58.6 Å². The Morgan fingerprint density at radius 2 is 1.93 bits per heavy atom. The van der Waals surface area contributed by atoms with E-state index in [0.29, 0.717) is 6.54 Å². The molecule has 0 aromatic heterocycles. The molecule has 6 heteroatoms. The lowest BCUT2D eigenvalue weighted by Gasteiger charge is -2.44. The normalized spacial score (nSPS) is 19.1. The number of para-hydroxylation sites is 1. The number of rotatable bonds is 5. The Bertz CT molecular complexity index is 890. The monoisotopic (exact) mass is 412 g/mol. The summed E-state index contributed by atoms with van der Waals surface area (Å²) in [6.07, 6.45) is 2.79. The Hall–Kier alpha value is -2.08. The molecule has 0 saturated carbocycles. The van der Waals surface area contributed by atoms with Gasteiger partial charge < -0.3 is 20.3 Å². The number of anilines is 2. The summed E-state index contributed by atoms with van der Waals surface area (Å²) in [5.74, 6) is 1.01. The second kappa shape index (κ2) is 8.74. The van der Waals surface area contributed by atoms with Crippen LogP contribution in [0.5, 0.6) is 0 Å². The van der Waals surface area contributed by atoms with Gasteiger partial charge in [-0.25, -0.2) is 0 Å². The number of ether oxygens (including phenoxy) is 1. The number of hydrogen-bond donors (Lipinski definition) is 2. The van der Waals surface area contributed by atoms with Crippen LogP contribution in [0.4, 0.5) is 11.4 Å². The third-order valence-electron chi connectivity index (χ3n) is 5.70. The minimum atomic E-state index is -0.204. The molecule has 1 spiro atoms. The van der Waals surface area contributed by atoms with Crippen molar-refractivity contribution < 1.29 is 4.74 Å². The second-order valence-electron chi connectivity index (χ2n) is 8.13. The first-order valence-corrected chi connectivity index (χ1v) is 10.6. The van der Waals surface area contributed by atoms with Crippen molar-refractivity contribution in [3.8, 4) is 0 Å². The van der Waals surface area contributed by atoms with E-state index >= 15 is 0 Å². The number of fused-ring (bicyclic) bond motifs is 1. The summed E-state index contributed by atoms with van der Waals surface area (Å²) >= 11 is 6.16. The van der Waals surface area contributed by atoms with Crippen LogP contribution in [0.15, 0.2) is 47.5 Å². The Balaban J connectivity index is 1.66. The van der Waals surface area contributed by atoms with Crippen LogP contribution >= 0.6 is 11.6 Å². The highest BCUT2D eigenvalue weighted by Gasteiger charge is 2.41. The van der Waals surface area contributed by atoms with Crippen LogP contribution in [0, 0.1) is 0 Å². The average Bonchev–Trinajstić information content (AvgIpc) is 2.71. The Labute approximate surface area is 178 Å². The van der Waals surface area contributed by atoms with Crippen molar-refractivity contribution in [3.63, 3.8) is 0 Å². The molecule has 0 bridgehead atoms. The van der Waals surface area contributed by atoms with Gasteiger partial charge in [0.1, 0.15) is 5.84 Å². The SMILES string of the molecule is CN(C)CCc1cccc2c1NC(=NCc1cccc(Cl)c1)C1(CCOCC1)N2. The quantitative estimate of drug-likeness (QED) is 0.762. The fourth-order valence-corrected chi connectivity index (χ4v) is 4.25. The van der Waals surface area contributed by atoms with E-state index in [1.165, 1.54) is 5.56 Å². The van der Waals surface area contributed by atoms with Crippen LogP contribution in [0.1, 0.15) is 24.0 Å². The van der Waals surface area contributed by atoms with Gasteiger partial charge in [0, 0.05) is 37.6 Å². The van der Waals surface area contributed by atoms with Crippen molar-refractivity contribution in [1.82, 2.24) is 4.90 Å². The number of benzene rings is 2. The summed E-state index contributed by atoms with van der Waals surface area (Å²) in [5, 5.41) is 8.29. The molecule has 0 aliphatic carbocycles. The lowest BCUT2D eigenvalue weighted by atomic mass is 9.85. The molecule has 4 rings (SSSR count). The van der Waals surface area contributed by atoms with Crippen molar-refractivity contribution in [2.24, 2.45) is 4.99 Å². The fourth-order valence-electron chi connectivity index (χ4n) is 4.04. The van der Waals surface area contributed by atoms with Crippen molar-refractivity contribution >= 4 is 28.8 Å². The van der Waals surface area contributed by atoms with E-state index in [9.17, 15) is 0 Å². The third-order valence-corrected chi connectivity index (χ3v) is 5.94. The molecule has 2 N–H and O–H groups in total. The van der Waals surface area contributed by atoms with Crippen LogP contribution in [0.25, 0.3) is 0 Å². The zero-order chi connectivity index (χ0) is 20.3. The Morgan fingerprint density at radius 3 is 2.69 bits per heavy atom. The largest absolute Gasteiger partial charge is 0.381 e. The van der Waals surface area contributed by atoms with E-state index < -0.39 is 0 Å². The molecule has 1 saturated heterocycles. The zero-order valence-corrected chi connectivity index (χ0v) is 17.9. The number of nitrogens with one attached hydrogen (secondary N) is 2. The number of aliphatic imine (C=N–C) groups is 1. The molecule has 1 fully saturated rings. The number of nitrogens with zero attached hydrogens (tertiary/aromatic N) is 2. The maximum atomic E-state index is 6.16. The van der Waals surface area contributed by atoms with Crippen molar-refractivity contribution in [2.75, 3.05) is 44.5 Å². The molecule has 154 valence electrons. The summed E-state index contributed by atoms with van der Waals surface area (Å²) < 4.78 is 5.65. The van der Waals surface area contributed by atoms with Crippen molar-refractivity contribution in [2.45, 2.75) is 31.3 Å². The molecule has 29 heavy (non-hydrogen) atoms. The molecule has 2 aromatic carbocycles. The molecule has 2 aliphatic heterocycles. The van der Waals surface area contributed by atoms with E-state index in [-0.39, 0.29) is 5.54 Å². The number of amidine groups is 1. The summed E-state index contributed by atoms with van der Waals surface area (Å²) in [6, 6.07) is 14.4. The standard InChI is InChI=1S/C23H29ClN4O/c1-28(2)12-9-18-6-4-8-20-21(18)26-22(23(27-20)10-13-29-14-11-23)25-16-17-5-3-7-19(24)15-17/h3-8,15,27H,9-14,16H2,1-2H3,(H,25,26). The molecule has 0 atom stereocenters. The van der Waals surface area contributed by atoms with E-state index in [2.05, 4.69) is 53.9 Å². The molecular weight excluding hydrogens is 384 g/mol. The zero-order valence-electron chi connectivity index (χ0n) is 17.2. The maximum Gasteiger partial charge on any atom is 0.127 e. The van der Waals surface area contributed by atoms with Gasteiger partial charge >= 0.3 is 0 Å². The maximum absolute atomic E-state index is 6.16. The minimum absolute atomic E-state index is 0.204. The van der Waals surface area contributed by atoms with Gasteiger partial charge in [-0.3, -0.25) is 4.99 Å². The molecule has 0 radical (unpaired) electrons. The molecule has 0 unspecified atom stereocenters.